The van der Waals surface area contributed by atoms with Gasteiger partial charge in [0.15, 0.2) is 0 Å². The van der Waals surface area contributed by atoms with Gasteiger partial charge in [0, 0.05) is 4.88 Å². The van der Waals surface area contributed by atoms with Gasteiger partial charge in [0.05, 0.1) is 17.9 Å². The zero-order valence-corrected chi connectivity index (χ0v) is 15.5. The minimum Gasteiger partial charge on any atom is -0.182 e. The van der Waals surface area contributed by atoms with E-state index in [9.17, 15) is 0 Å². The second kappa shape index (κ2) is 7.40. The highest BCUT2D eigenvalue weighted by molar-refractivity contribution is 7.10. The Morgan fingerprint density at radius 2 is 1.77 bits per heavy atom. The third-order valence-corrected chi connectivity index (χ3v) is 5.56. The number of nitrogens with zero attached hydrogens (tertiary/aromatic N) is 3. The second-order valence-electron chi connectivity index (χ2n) is 7.01. The first kappa shape index (κ1) is 17.2. The van der Waals surface area contributed by atoms with Gasteiger partial charge in [0.1, 0.15) is 0 Å². The van der Waals surface area contributed by atoms with E-state index < -0.39 is 0 Å². The Morgan fingerprint density at radius 3 is 2.32 bits per heavy atom. The van der Waals surface area contributed by atoms with Crippen LogP contribution in [-0.2, 0) is 0 Å². The monoisotopic (exact) mass is 319 g/mol. The van der Waals surface area contributed by atoms with Crippen molar-refractivity contribution >= 4 is 11.3 Å². The van der Waals surface area contributed by atoms with Crippen molar-refractivity contribution in [2.24, 2.45) is 0 Å². The molecule has 0 spiro atoms. The molecular formula is C18H29N3S. The average molecular weight is 320 g/mol. The lowest BCUT2D eigenvalue weighted by Crippen LogP contribution is -2.10. The molecule has 3 nitrogen and oxygen atoms in total. The van der Waals surface area contributed by atoms with Crippen LogP contribution in [0.3, 0.4) is 0 Å². The molecule has 0 saturated heterocycles. The molecule has 0 N–H and O–H groups in total. The van der Waals surface area contributed by atoms with Gasteiger partial charge in [-0.25, -0.2) is 0 Å². The molecule has 0 fully saturated rings. The fourth-order valence-electron chi connectivity index (χ4n) is 2.47. The highest BCUT2D eigenvalue weighted by atomic mass is 32.1. The van der Waals surface area contributed by atoms with E-state index in [4.69, 9.17) is 0 Å². The van der Waals surface area contributed by atoms with Crippen molar-refractivity contribution in [1.82, 2.24) is 15.0 Å². The highest BCUT2D eigenvalue weighted by Gasteiger charge is 2.14. The van der Waals surface area contributed by atoms with Crippen molar-refractivity contribution in [3.8, 4) is 0 Å². The fraction of sp³-hybridized carbons (Fsp3) is 0.667. The predicted octanol–water partition coefficient (Wildman–Crippen LogP) is 5.73. The molecule has 2 aromatic heterocycles. The van der Waals surface area contributed by atoms with Gasteiger partial charge in [-0.3, -0.25) is 0 Å². The summed E-state index contributed by atoms with van der Waals surface area (Å²) in [6.45, 7) is 13.4. The van der Waals surface area contributed by atoms with E-state index >= 15 is 0 Å². The smallest absolute Gasteiger partial charge is 0.0852 e. The Morgan fingerprint density at radius 1 is 1.05 bits per heavy atom. The highest BCUT2D eigenvalue weighted by Crippen LogP contribution is 2.31. The van der Waals surface area contributed by atoms with Crippen LogP contribution in [0.25, 0.3) is 0 Å². The Labute approximate surface area is 138 Å². The molecule has 0 aliphatic carbocycles. The molecule has 0 amide bonds. The van der Waals surface area contributed by atoms with Crippen LogP contribution in [0.5, 0.6) is 0 Å². The molecule has 0 aromatic carbocycles. The summed E-state index contributed by atoms with van der Waals surface area (Å²) >= 11 is 1.89. The van der Waals surface area contributed by atoms with Crippen molar-refractivity contribution in [1.29, 1.82) is 0 Å². The Hall–Kier alpha value is -1.16. The molecule has 22 heavy (non-hydrogen) atoms. The third-order valence-electron chi connectivity index (χ3n) is 4.31. The molecule has 4 heteroatoms. The van der Waals surface area contributed by atoms with Crippen molar-refractivity contribution in [2.75, 3.05) is 0 Å². The Balaban J connectivity index is 1.90. The summed E-state index contributed by atoms with van der Waals surface area (Å²) in [5.41, 5.74) is 2.57. The summed E-state index contributed by atoms with van der Waals surface area (Å²) < 4.78 is 0. The third kappa shape index (κ3) is 4.19. The van der Waals surface area contributed by atoms with Crippen LogP contribution in [0.1, 0.15) is 94.3 Å². The first-order chi connectivity index (χ1) is 10.4. The van der Waals surface area contributed by atoms with E-state index in [2.05, 4.69) is 63.2 Å². The number of rotatable bonds is 7. The number of hydrogen-bond donors (Lipinski definition) is 0. The first-order valence-corrected chi connectivity index (χ1v) is 9.26. The maximum absolute atomic E-state index is 4.60. The van der Waals surface area contributed by atoms with Crippen LogP contribution in [0.2, 0.25) is 0 Å². The molecule has 0 saturated carbocycles. The maximum Gasteiger partial charge on any atom is 0.0852 e. The molecule has 0 radical (unpaired) electrons. The van der Waals surface area contributed by atoms with Gasteiger partial charge in [-0.1, -0.05) is 34.6 Å². The summed E-state index contributed by atoms with van der Waals surface area (Å²) in [6.07, 6.45) is 4.19. The molecule has 0 bridgehead atoms. The van der Waals surface area contributed by atoms with Crippen LogP contribution in [0, 0.1) is 0 Å². The fourth-order valence-corrected chi connectivity index (χ4v) is 3.52. The SMILES string of the molecule is CC(C)c1cnn(C(C)CCC(C)c2csc(C(C)C)c2)n1. The summed E-state index contributed by atoms with van der Waals surface area (Å²) in [7, 11) is 0. The van der Waals surface area contributed by atoms with Crippen LogP contribution in [0.4, 0.5) is 0 Å². The lowest BCUT2D eigenvalue weighted by Gasteiger charge is -2.14. The molecule has 0 aliphatic rings. The molecule has 2 heterocycles. The van der Waals surface area contributed by atoms with E-state index in [0.717, 1.165) is 12.1 Å². The zero-order valence-electron chi connectivity index (χ0n) is 14.7. The first-order valence-electron chi connectivity index (χ1n) is 8.38. The van der Waals surface area contributed by atoms with E-state index in [-0.39, 0.29) is 0 Å². The van der Waals surface area contributed by atoms with E-state index in [1.165, 1.54) is 16.9 Å². The van der Waals surface area contributed by atoms with Gasteiger partial charge in [-0.2, -0.15) is 15.0 Å². The van der Waals surface area contributed by atoms with Crippen LogP contribution < -0.4 is 0 Å². The predicted molar refractivity (Wildman–Crippen MR) is 94.9 cm³/mol. The second-order valence-corrected chi connectivity index (χ2v) is 7.95. The molecule has 2 atom stereocenters. The van der Waals surface area contributed by atoms with Gasteiger partial charge in [-0.05, 0) is 54.5 Å². The lowest BCUT2D eigenvalue weighted by atomic mass is 9.96. The molecule has 2 unspecified atom stereocenters. The van der Waals surface area contributed by atoms with Crippen molar-refractivity contribution in [3.63, 3.8) is 0 Å². The normalized spacial score (nSPS) is 14.7. The van der Waals surface area contributed by atoms with Crippen LogP contribution in [0.15, 0.2) is 17.6 Å². The summed E-state index contributed by atoms with van der Waals surface area (Å²) in [5, 5.41) is 11.3. The minimum atomic E-state index is 0.359. The van der Waals surface area contributed by atoms with Crippen LogP contribution >= 0.6 is 11.3 Å². The van der Waals surface area contributed by atoms with E-state index in [1.807, 2.05) is 22.3 Å². The van der Waals surface area contributed by atoms with Crippen molar-refractivity contribution in [2.45, 2.75) is 78.2 Å². The molecule has 2 rings (SSSR count). The van der Waals surface area contributed by atoms with Crippen molar-refractivity contribution in [3.05, 3.63) is 33.8 Å². The molecule has 122 valence electrons. The lowest BCUT2D eigenvalue weighted by molar-refractivity contribution is 0.386. The molecule has 2 aromatic rings. The zero-order chi connectivity index (χ0) is 16.3. The number of hydrogen-bond acceptors (Lipinski definition) is 3. The Kier molecular flexibility index (Phi) is 5.79. The van der Waals surface area contributed by atoms with Gasteiger partial charge in [-0.15, -0.1) is 11.3 Å². The average Bonchev–Trinajstić information content (AvgIpc) is 3.12. The number of aromatic nitrogens is 3. The molecular weight excluding hydrogens is 290 g/mol. The topological polar surface area (TPSA) is 30.7 Å². The van der Waals surface area contributed by atoms with Gasteiger partial charge in [0.2, 0.25) is 0 Å². The summed E-state index contributed by atoms with van der Waals surface area (Å²) in [4.78, 5) is 3.38. The molecule has 0 aliphatic heterocycles. The largest absolute Gasteiger partial charge is 0.182 e. The van der Waals surface area contributed by atoms with E-state index in [1.54, 1.807) is 0 Å². The van der Waals surface area contributed by atoms with Gasteiger partial charge in [0.25, 0.3) is 0 Å². The maximum atomic E-state index is 4.60. The van der Waals surface area contributed by atoms with Gasteiger partial charge >= 0.3 is 0 Å². The minimum absolute atomic E-state index is 0.359. The number of thiophene rings is 1. The summed E-state index contributed by atoms with van der Waals surface area (Å²) in [5.74, 6) is 1.68. The van der Waals surface area contributed by atoms with Gasteiger partial charge < -0.3 is 0 Å². The van der Waals surface area contributed by atoms with Crippen molar-refractivity contribution < 1.29 is 0 Å². The van der Waals surface area contributed by atoms with Crippen LogP contribution in [-0.4, -0.2) is 15.0 Å². The van der Waals surface area contributed by atoms with E-state index in [0.29, 0.717) is 23.8 Å². The Bertz CT molecular complexity index is 530. The standard InChI is InChI=1S/C18H29N3S/c1-12(2)17-10-19-21(20-17)15(6)8-7-14(5)16-9-18(13(3)4)22-11-16/h9-15H,7-8H2,1-6H3. The summed E-state index contributed by atoms with van der Waals surface area (Å²) in [6, 6.07) is 2.74. The quantitative estimate of drug-likeness (QED) is 0.652.